The van der Waals surface area contributed by atoms with E-state index in [1.54, 1.807) is 0 Å². The second-order valence-corrected chi connectivity index (χ2v) is 3.86. The first kappa shape index (κ1) is 9.29. The molecular formula is C11H15N3. The van der Waals surface area contributed by atoms with Crippen molar-refractivity contribution in [3.05, 3.63) is 24.0 Å². The third-order valence-corrected chi connectivity index (χ3v) is 3.10. The fraction of sp³-hybridized carbons (Fsp3) is 0.545. The summed E-state index contributed by atoms with van der Waals surface area (Å²) < 4.78 is 2.11. The van der Waals surface area contributed by atoms with Crippen LogP contribution in [0.25, 0.3) is 0 Å². The Morgan fingerprint density at radius 1 is 1.57 bits per heavy atom. The third-order valence-electron chi connectivity index (χ3n) is 3.10. The second kappa shape index (κ2) is 3.85. The minimum atomic E-state index is 0.511. The number of aromatic nitrogens is 1. The van der Waals surface area contributed by atoms with Crippen LogP contribution in [0.15, 0.2) is 18.3 Å². The summed E-state index contributed by atoms with van der Waals surface area (Å²) in [5.74, 6) is 0. The first-order valence-corrected chi connectivity index (χ1v) is 5.09. The smallest absolute Gasteiger partial charge is 0.120 e. The molecule has 1 aromatic rings. The molecule has 1 aliphatic rings. The van der Waals surface area contributed by atoms with Gasteiger partial charge in [-0.2, -0.15) is 5.26 Å². The molecule has 0 spiro atoms. The Morgan fingerprint density at radius 2 is 2.43 bits per heavy atom. The Hall–Kier alpha value is -1.27. The quantitative estimate of drug-likeness (QED) is 0.768. The molecular weight excluding hydrogens is 174 g/mol. The molecule has 1 N–H and O–H groups in total. The van der Waals surface area contributed by atoms with Crippen molar-refractivity contribution in [3.8, 4) is 6.07 Å². The SMILES string of the molecule is CNC1CCC(n2cccc2C#N)C1. The zero-order valence-electron chi connectivity index (χ0n) is 8.40. The van der Waals surface area contributed by atoms with E-state index in [0.717, 1.165) is 12.1 Å². The lowest BCUT2D eigenvalue weighted by Crippen LogP contribution is -2.21. The maximum Gasteiger partial charge on any atom is 0.120 e. The number of hydrogen-bond donors (Lipinski definition) is 1. The molecule has 0 aromatic carbocycles. The van der Waals surface area contributed by atoms with E-state index >= 15 is 0 Å². The van der Waals surface area contributed by atoms with Gasteiger partial charge >= 0.3 is 0 Å². The van der Waals surface area contributed by atoms with Crippen molar-refractivity contribution in [1.29, 1.82) is 5.26 Å². The summed E-state index contributed by atoms with van der Waals surface area (Å²) in [6, 6.07) is 7.19. The molecule has 0 aliphatic heterocycles. The van der Waals surface area contributed by atoms with Gasteiger partial charge < -0.3 is 9.88 Å². The topological polar surface area (TPSA) is 40.8 Å². The number of rotatable bonds is 2. The highest BCUT2D eigenvalue weighted by atomic mass is 15.0. The molecule has 1 heterocycles. The molecule has 1 aliphatic carbocycles. The van der Waals surface area contributed by atoms with Gasteiger partial charge in [-0.05, 0) is 38.4 Å². The molecule has 1 saturated carbocycles. The van der Waals surface area contributed by atoms with Gasteiger partial charge in [0.25, 0.3) is 0 Å². The van der Waals surface area contributed by atoms with E-state index in [1.807, 2.05) is 25.4 Å². The Balaban J connectivity index is 2.14. The van der Waals surface area contributed by atoms with E-state index in [9.17, 15) is 0 Å². The Morgan fingerprint density at radius 3 is 3.07 bits per heavy atom. The summed E-state index contributed by atoms with van der Waals surface area (Å²) in [4.78, 5) is 0. The van der Waals surface area contributed by atoms with Gasteiger partial charge in [-0.3, -0.25) is 0 Å². The van der Waals surface area contributed by atoms with Crippen molar-refractivity contribution in [2.45, 2.75) is 31.3 Å². The Labute approximate surface area is 84.3 Å². The van der Waals surface area contributed by atoms with Crippen LogP contribution in [0.4, 0.5) is 0 Å². The van der Waals surface area contributed by atoms with Crippen LogP contribution >= 0.6 is 0 Å². The number of hydrogen-bond acceptors (Lipinski definition) is 2. The Kier molecular flexibility index (Phi) is 2.55. The maximum absolute atomic E-state index is 8.90. The molecule has 2 atom stereocenters. The van der Waals surface area contributed by atoms with Gasteiger partial charge in [-0.15, -0.1) is 0 Å². The molecule has 3 heteroatoms. The first-order valence-electron chi connectivity index (χ1n) is 5.09. The fourth-order valence-electron chi connectivity index (χ4n) is 2.28. The molecule has 1 aromatic heterocycles. The van der Waals surface area contributed by atoms with Crippen molar-refractivity contribution in [2.75, 3.05) is 7.05 Å². The highest BCUT2D eigenvalue weighted by Gasteiger charge is 2.25. The van der Waals surface area contributed by atoms with Crippen LogP contribution in [0.5, 0.6) is 0 Å². The van der Waals surface area contributed by atoms with Crippen molar-refractivity contribution in [2.24, 2.45) is 0 Å². The predicted octanol–water partition coefficient (Wildman–Crippen LogP) is 1.67. The summed E-state index contributed by atoms with van der Waals surface area (Å²) in [6.45, 7) is 0. The highest BCUT2D eigenvalue weighted by Crippen LogP contribution is 2.30. The van der Waals surface area contributed by atoms with Crippen LogP contribution in [-0.2, 0) is 0 Å². The van der Waals surface area contributed by atoms with Gasteiger partial charge in [0.05, 0.1) is 0 Å². The molecule has 2 rings (SSSR count). The minimum absolute atomic E-state index is 0.511. The molecule has 0 bridgehead atoms. The van der Waals surface area contributed by atoms with E-state index in [0.29, 0.717) is 12.1 Å². The predicted molar refractivity (Wildman–Crippen MR) is 54.9 cm³/mol. The molecule has 1 fully saturated rings. The standard InChI is InChI=1S/C11H15N3/c1-13-9-4-5-10(7-9)14-6-2-3-11(14)8-12/h2-3,6,9-10,13H,4-5,7H2,1H3. The van der Waals surface area contributed by atoms with Crippen molar-refractivity contribution in [1.82, 2.24) is 9.88 Å². The van der Waals surface area contributed by atoms with Gasteiger partial charge in [0.1, 0.15) is 11.8 Å². The van der Waals surface area contributed by atoms with Gasteiger partial charge in [0.15, 0.2) is 0 Å². The van der Waals surface area contributed by atoms with Crippen molar-refractivity contribution >= 4 is 0 Å². The van der Waals surface area contributed by atoms with E-state index in [1.165, 1.54) is 12.8 Å². The summed E-state index contributed by atoms with van der Waals surface area (Å²) in [6.07, 6.45) is 5.54. The summed E-state index contributed by atoms with van der Waals surface area (Å²) in [7, 11) is 2.01. The van der Waals surface area contributed by atoms with E-state index in [2.05, 4.69) is 16.0 Å². The highest BCUT2D eigenvalue weighted by molar-refractivity contribution is 5.23. The molecule has 74 valence electrons. The van der Waals surface area contributed by atoms with Crippen LogP contribution in [0, 0.1) is 11.3 Å². The van der Waals surface area contributed by atoms with Crippen LogP contribution in [-0.4, -0.2) is 17.7 Å². The second-order valence-electron chi connectivity index (χ2n) is 3.86. The van der Waals surface area contributed by atoms with E-state index in [-0.39, 0.29) is 0 Å². The molecule has 3 nitrogen and oxygen atoms in total. The van der Waals surface area contributed by atoms with Gasteiger partial charge in [-0.25, -0.2) is 0 Å². The molecule has 0 amide bonds. The van der Waals surface area contributed by atoms with Crippen LogP contribution in [0.1, 0.15) is 31.0 Å². The monoisotopic (exact) mass is 189 g/mol. The molecule has 0 saturated heterocycles. The van der Waals surface area contributed by atoms with Crippen molar-refractivity contribution in [3.63, 3.8) is 0 Å². The van der Waals surface area contributed by atoms with E-state index < -0.39 is 0 Å². The lowest BCUT2D eigenvalue weighted by atomic mass is 10.2. The molecule has 14 heavy (non-hydrogen) atoms. The summed E-state index contributed by atoms with van der Waals surface area (Å²) in [5.41, 5.74) is 0.784. The van der Waals surface area contributed by atoms with Crippen LogP contribution in [0.3, 0.4) is 0 Å². The largest absolute Gasteiger partial charge is 0.336 e. The zero-order valence-corrected chi connectivity index (χ0v) is 8.40. The first-order chi connectivity index (χ1) is 6.85. The average molecular weight is 189 g/mol. The van der Waals surface area contributed by atoms with Gasteiger partial charge in [0.2, 0.25) is 0 Å². The van der Waals surface area contributed by atoms with E-state index in [4.69, 9.17) is 5.26 Å². The normalized spacial score (nSPS) is 26.3. The number of nitrogens with one attached hydrogen (secondary N) is 1. The maximum atomic E-state index is 8.90. The van der Waals surface area contributed by atoms with Crippen LogP contribution in [0.2, 0.25) is 0 Å². The summed E-state index contributed by atoms with van der Waals surface area (Å²) in [5, 5.41) is 12.2. The fourth-order valence-corrected chi connectivity index (χ4v) is 2.28. The summed E-state index contributed by atoms with van der Waals surface area (Å²) >= 11 is 0. The van der Waals surface area contributed by atoms with Crippen molar-refractivity contribution < 1.29 is 0 Å². The van der Waals surface area contributed by atoms with Gasteiger partial charge in [-0.1, -0.05) is 0 Å². The number of nitriles is 1. The Bertz CT molecular complexity index is 348. The lowest BCUT2D eigenvalue weighted by Gasteiger charge is -2.13. The third kappa shape index (κ3) is 1.53. The zero-order chi connectivity index (χ0) is 9.97. The number of nitrogens with zero attached hydrogens (tertiary/aromatic N) is 2. The van der Waals surface area contributed by atoms with Crippen LogP contribution < -0.4 is 5.32 Å². The minimum Gasteiger partial charge on any atom is -0.336 e. The van der Waals surface area contributed by atoms with Gasteiger partial charge in [0, 0.05) is 18.3 Å². The lowest BCUT2D eigenvalue weighted by molar-refractivity contribution is 0.491. The average Bonchev–Trinajstić information content (AvgIpc) is 2.85. The molecule has 0 radical (unpaired) electrons. The molecule has 2 unspecified atom stereocenters.